The molecule has 1 saturated heterocycles. The van der Waals surface area contributed by atoms with Gasteiger partial charge in [-0.1, -0.05) is 12.1 Å². The van der Waals surface area contributed by atoms with Crippen LogP contribution >= 0.6 is 0 Å². The van der Waals surface area contributed by atoms with E-state index in [0.717, 1.165) is 6.42 Å². The highest BCUT2D eigenvalue weighted by molar-refractivity contribution is 5.81. The monoisotopic (exact) mass is 358 g/mol. The van der Waals surface area contributed by atoms with Crippen LogP contribution in [0.1, 0.15) is 38.3 Å². The Kier molecular flexibility index (Phi) is 5.92. The molecule has 1 heterocycles. The zero-order chi connectivity index (χ0) is 18.6. The van der Waals surface area contributed by atoms with Gasteiger partial charge in [0.15, 0.2) is 0 Å². The molecule has 8 heteroatoms. The number of halogens is 3. The van der Waals surface area contributed by atoms with Gasteiger partial charge in [-0.3, -0.25) is 9.59 Å². The Labute approximate surface area is 144 Å². The zero-order valence-electron chi connectivity index (χ0n) is 14.1. The molecule has 2 atom stereocenters. The maximum Gasteiger partial charge on any atom is 0.573 e. The number of hydrogen-bond acceptors (Lipinski definition) is 3. The molecule has 0 saturated carbocycles. The van der Waals surface area contributed by atoms with Crippen molar-refractivity contribution in [1.82, 2.24) is 10.2 Å². The van der Waals surface area contributed by atoms with Crippen molar-refractivity contribution in [1.29, 1.82) is 0 Å². The lowest BCUT2D eigenvalue weighted by Gasteiger charge is -2.32. The minimum absolute atomic E-state index is 0.0502. The van der Waals surface area contributed by atoms with Crippen molar-refractivity contribution in [3.63, 3.8) is 0 Å². The molecule has 0 unspecified atom stereocenters. The first-order valence-electron chi connectivity index (χ1n) is 8.07. The van der Waals surface area contributed by atoms with Crippen LogP contribution in [-0.2, 0) is 9.59 Å². The standard InChI is InChI=1S/C17H21F3N2O3/c1-11(13-5-7-15(8-6-13)25-17(18,19)20)21-16(24)14-4-3-9-22(10-14)12(2)23/h5-8,11,14H,3-4,9-10H2,1-2H3,(H,21,24)/t11-,14-/m1/s1. The Bertz CT molecular complexity index is 617. The van der Waals surface area contributed by atoms with Crippen LogP contribution in [0.3, 0.4) is 0 Å². The molecule has 1 aromatic rings. The molecule has 138 valence electrons. The van der Waals surface area contributed by atoms with E-state index in [0.29, 0.717) is 25.1 Å². The van der Waals surface area contributed by atoms with Gasteiger partial charge in [0.1, 0.15) is 5.75 Å². The lowest BCUT2D eigenvalue weighted by molar-refractivity contribution is -0.274. The number of likely N-dealkylation sites (tertiary alicyclic amines) is 1. The predicted octanol–water partition coefficient (Wildman–Crippen LogP) is 3.02. The largest absolute Gasteiger partial charge is 0.573 e. The zero-order valence-corrected chi connectivity index (χ0v) is 14.1. The van der Waals surface area contributed by atoms with Gasteiger partial charge in [0.05, 0.1) is 12.0 Å². The van der Waals surface area contributed by atoms with Crippen LogP contribution in [0.2, 0.25) is 0 Å². The molecule has 1 N–H and O–H groups in total. The van der Waals surface area contributed by atoms with Gasteiger partial charge in [0, 0.05) is 20.0 Å². The minimum Gasteiger partial charge on any atom is -0.406 e. The quantitative estimate of drug-likeness (QED) is 0.900. The number of benzene rings is 1. The molecule has 0 bridgehead atoms. The minimum atomic E-state index is -4.73. The van der Waals surface area contributed by atoms with E-state index in [-0.39, 0.29) is 29.5 Å². The summed E-state index contributed by atoms with van der Waals surface area (Å²) in [6.45, 7) is 4.29. The summed E-state index contributed by atoms with van der Waals surface area (Å²) >= 11 is 0. The molecule has 2 rings (SSSR count). The second-order valence-electron chi connectivity index (χ2n) is 6.15. The first kappa shape index (κ1) is 19.1. The van der Waals surface area contributed by atoms with Gasteiger partial charge in [0.2, 0.25) is 11.8 Å². The Hall–Kier alpha value is -2.25. The molecule has 2 amide bonds. The summed E-state index contributed by atoms with van der Waals surface area (Å²) in [4.78, 5) is 25.5. The second kappa shape index (κ2) is 7.76. The lowest BCUT2D eigenvalue weighted by atomic mass is 9.96. The van der Waals surface area contributed by atoms with Crippen molar-refractivity contribution in [2.75, 3.05) is 13.1 Å². The molecule has 1 aliphatic rings. The van der Waals surface area contributed by atoms with Crippen LogP contribution in [0, 0.1) is 5.92 Å². The van der Waals surface area contributed by atoms with Crippen LogP contribution in [0.25, 0.3) is 0 Å². The SMILES string of the molecule is CC(=O)N1CCC[C@@H](C(=O)N[C@H](C)c2ccc(OC(F)(F)F)cc2)C1. The number of rotatable bonds is 4. The Morgan fingerprint density at radius 1 is 1.28 bits per heavy atom. The second-order valence-corrected chi connectivity index (χ2v) is 6.15. The van der Waals surface area contributed by atoms with E-state index in [1.165, 1.54) is 31.2 Å². The molecule has 1 aromatic carbocycles. The van der Waals surface area contributed by atoms with Gasteiger partial charge in [-0.25, -0.2) is 0 Å². The Morgan fingerprint density at radius 3 is 2.48 bits per heavy atom. The normalized spacial score (nSPS) is 19.2. The third-order valence-corrected chi connectivity index (χ3v) is 4.21. The number of nitrogens with zero attached hydrogens (tertiary/aromatic N) is 1. The summed E-state index contributed by atoms with van der Waals surface area (Å²) in [7, 11) is 0. The fourth-order valence-electron chi connectivity index (χ4n) is 2.85. The Balaban J connectivity index is 1.93. The van der Waals surface area contributed by atoms with E-state index in [1.54, 1.807) is 11.8 Å². The van der Waals surface area contributed by atoms with Gasteiger partial charge >= 0.3 is 6.36 Å². The van der Waals surface area contributed by atoms with Gasteiger partial charge in [-0.05, 0) is 37.5 Å². The van der Waals surface area contributed by atoms with Gasteiger partial charge in [-0.15, -0.1) is 13.2 Å². The highest BCUT2D eigenvalue weighted by Gasteiger charge is 2.31. The molecule has 0 spiro atoms. The average molecular weight is 358 g/mol. The summed E-state index contributed by atoms with van der Waals surface area (Å²) in [5, 5.41) is 2.85. The number of hydrogen-bond donors (Lipinski definition) is 1. The molecule has 25 heavy (non-hydrogen) atoms. The van der Waals surface area contributed by atoms with E-state index in [9.17, 15) is 22.8 Å². The fourth-order valence-corrected chi connectivity index (χ4v) is 2.85. The molecule has 1 fully saturated rings. The maximum absolute atomic E-state index is 12.4. The molecular formula is C17H21F3N2O3. The number of alkyl halides is 3. The number of amides is 2. The first-order chi connectivity index (χ1) is 11.7. The lowest BCUT2D eigenvalue weighted by Crippen LogP contribution is -2.45. The third-order valence-electron chi connectivity index (χ3n) is 4.21. The van der Waals surface area contributed by atoms with Crippen LogP contribution in [0.5, 0.6) is 5.75 Å². The summed E-state index contributed by atoms with van der Waals surface area (Å²) in [6, 6.07) is 5.02. The van der Waals surface area contributed by atoms with E-state index < -0.39 is 6.36 Å². The van der Waals surface area contributed by atoms with Crippen LogP contribution in [0.4, 0.5) is 13.2 Å². The summed E-state index contributed by atoms with van der Waals surface area (Å²) < 4.78 is 40.3. The van der Waals surface area contributed by atoms with Crippen molar-refractivity contribution in [3.05, 3.63) is 29.8 Å². The number of piperidine rings is 1. The molecular weight excluding hydrogens is 337 g/mol. The van der Waals surface area contributed by atoms with Crippen molar-refractivity contribution < 1.29 is 27.5 Å². The fraction of sp³-hybridized carbons (Fsp3) is 0.529. The summed E-state index contributed by atoms with van der Waals surface area (Å²) in [5.74, 6) is -0.785. The molecule has 1 aliphatic heterocycles. The summed E-state index contributed by atoms with van der Waals surface area (Å²) in [6.07, 6.45) is -3.25. The van der Waals surface area contributed by atoms with Gasteiger partial charge < -0.3 is 15.0 Å². The van der Waals surface area contributed by atoms with Crippen LogP contribution in [-0.4, -0.2) is 36.2 Å². The highest BCUT2D eigenvalue weighted by Crippen LogP contribution is 2.25. The average Bonchev–Trinajstić information content (AvgIpc) is 2.54. The molecule has 0 aromatic heterocycles. The van der Waals surface area contributed by atoms with Gasteiger partial charge in [-0.2, -0.15) is 0 Å². The van der Waals surface area contributed by atoms with Gasteiger partial charge in [0.25, 0.3) is 0 Å². The highest BCUT2D eigenvalue weighted by atomic mass is 19.4. The number of carbonyl (C=O) groups is 2. The van der Waals surface area contributed by atoms with Crippen LogP contribution in [0.15, 0.2) is 24.3 Å². The number of carbonyl (C=O) groups excluding carboxylic acids is 2. The van der Waals surface area contributed by atoms with Crippen molar-refractivity contribution >= 4 is 11.8 Å². The molecule has 0 aliphatic carbocycles. The number of ether oxygens (including phenoxy) is 1. The third kappa shape index (κ3) is 5.65. The molecule has 5 nitrogen and oxygen atoms in total. The van der Waals surface area contributed by atoms with E-state index >= 15 is 0 Å². The van der Waals surface area contributed by atoms with E-state index in [1.807, 2.05) is 0 Å². The van der Waals surface area contributed by atoms with E-state index in [2.05, 4.69) is 10.1 Å². The molecule has 0 radical (unpaired) electrons. The van der Waals surface area contributed by atoms with Crippen LogP contribution < -0.4 is 10.1 Å². The van der Waals surface area contributed by atoms with E-state index in [4.69, 9.17) is 0 Å². The smallest absolute Gasteiger partial charge is 0.406 e. The number of nitrogens with one attached hydrogen (secondary N) is 1. The van der Waals surface area contributed by atoms with Crippen molar-refractivity contribution in [2.45, 2.75) is 39.1 Å². The summed E-state index contributed by atoms with van der Waals surface area (Å²) in [5.41, 5.74) is 0.669. The topological polar surface area (TPSA) is 58.6 Å². The maximum atomic E-state index is 12.4. The van der Waals surface area contributed by atoms with Crippen molar-refractivity contribution in [3.8, 4) is 5.75 Å². The van der Waals surface area contributed by atoms with Crippen molar-refractivity contribution in [2.24, 2.45) is 5.92 Å². The predicted molar refractivity (Wildman–Crippen MR) is 84.7 cm³/mol. The Morgan fingerprint density at radius 2 is 1.92 bits per heavy atom. The first-order valence-corrected chi connectivity index (χ1v) is 8.07.